The van der Waals surface area contributed by atoms with Gasteiger partial charge in [-0.1, -0.05) is 23.7 Å². The third kappa shape index (κ3) is 3.80. The third-order valence-electron chi connectivity index (χ3n) is 3.66. The first-order chi connectivity index (χ1) is 11.5. The quantitative estimate of drug-likeness (QED) is 0.756. The number of halogens is 2. The Labute approximate surface area is 145 Å². The largest absolute Gasteiger partial charge is 0.365 e. The maximum Gasteiger partial charge on any atom is 0.137 e. The fourth-order valence-corrected chi connectivity index (χ4v) is 2.69. The molecule has 0 spiro atoms. The summed E-state index contributed by atoms with van der Waals surface area (Å²) >= 11 is 5.99. The second-order valence-corrected chi connectivity index (χ2v) is 6.34. The highest BCUT2D eigenvalue weighted by molar-refractivity contribution is 6.31. The zero-order valence-electron chi connectivity index (χ0n) is 13.6. The van der Waals surface area contributed by atoms with Crippen LogP contribution in [0.3, 0.4) is 0 Å². The van der Waals surface area contributed by atoms with Crippen molar-refractivity contribution in [2.75, 3.05) is 19.4 Å². The Balaban J connectivity index is 1.78. The fraction of sp³-hybridized carbons (Fsp3) is 0.222. The van der Waals surface area contributed by atoms with Gasteiger partial charge in [-0.15, -0.1) is 0 Å². The fourth-order valence-electron chi connectivity index (χ4n) is 2.53. The number of hydrogen-bond donors (Lipinski definition) is 1. The standard InChI is InChI=1S/C18H18ClFN4/c1-24(2)10-13-4-3-12(7-16(13)20)9-21-18-15-6-5-14(19)8-17(15)22-11-23-18/h3-8,11H,9-10H2,1-2H3,(H,21,22,23). The molecule has 3 rings (SSSR count). The summed E-state index contributed by atoms with van der Waals surface area (Å²) in [6.07, 6.45) is 1.49. The van der Waals surface area contributed by atoms with Gasteiger partial charge in [0.1, 0.15) is 18.0 Å². The highest BCUT2D eigenvalue weighted by Gasteiger charge is 2.07. The van der Waals surface area contributed by atoms with Gasteiger partial charge < -0.3 is 10.2 Å². The van der Waals surface area contributed by atoms with Crippen LogP contribution in [0.2, 0.25) is 5.02 Å². The van der Waals surface area contributed by atoms with E-state index in [1.807, 2.05) is 37.2 Å². The van der Waals surface area contributed by atoms with Crippen molar-refractivity contribution in [2.45, 2.75) is 13.1 Å². The number of anilines is 1. The Bertz CT molecular complexity index is 867. The van der Waals surface area contributed by atoms with Crippen molar-refractivity contribution in [3.8, 4) is 0 Å². The van der Waals surface area contributed by atoms with Crippen LogP contribution < -0.4 is 5.32 Å². The van der Waals surface area contributed by atoms with Crippen LogP contribution >= 0.6 is 11.6 Å². The van der Waals surface area contributed by atoms with Crippen LogP contribution in [-0.2, 0) is 13.1 Å². The number of hydrogen-bond acceptors (Lipinski definition) is 4. The molecule has 3 aromatic rings. The molecule has 1 N–H and O–H groups in total. The first kappa shape index (κ1) is 16.6. The second-order valence-electron chi connectivity index (χ2n) is 5.90. The van der Waals surface area contributed by atoms with Crippen molar-refractivity contribution in [1.29, 1.82) is 0 Å². The zero-order valence-corrected chi connectivity index (χ0v) is 14.3. The average molecular weight is 345 g/mol. The number of nitrogens with zero attached hydrogens (tertiary/aromatic N) is 3. The molecule has 0 aliphatic carbocycles. The van der Waals surface area contributed by atoms with E-state index < -0.39 is 0 Å². The van der Waals surface area contributed by atoms with Crippen LogP contribution in [-0.4, -0.2) is 29.0 Å². The van der Waals surface area contributed by atoms with Crippen molar-refractivity contribution in [3.05, 3.63) is 64.7 Å². The van der Waals surface area contributed by atoms with Crippen molar-refractivity contribution >= 4 is 28.3 Å². The van der Waals surface area contributed by atoms with Crippen LogP contribution in [0.1, 0.15) is 11.1 Å². The molecule has 0 saturated carbocycles. The number of benzene rings is 2. The number of aromatic nitrogens is 2. The van der Waals surface area contributed by atoms with E-state index in [0.717, 1.165) is 16.5 Å². The van der Waals surface area contributed by atoms with Gasteiger partial charge in [0, 0.05) is 29.1 Å². The SMILES string of the molecule is CN(C)Cc1ccc(CNc2ncnc3cc(Cl)ccc23)cc1F. The summed E-state index contributed by atoms with van der Waals surface area (Å²) in [6, 6.07) is 10.8. The van der Waals surface area contributed by atoms with Gasteiger partial charge in [0.25, 0.3) is 0 Å². The Hall–Kier alpha value is -2.24. The zero-order chi connectivity index (χ0) is 17.1. The maximum atomic E-state index is 14.1. The smallest absolute Gasteiger partial charge is 0.137 e. The van der Waals surface area contributed by atoms with E-state index >= 15 is 0 Å². The van der Waals surface area contributed by atoms with E-state index in [2.05, 4.69) is 15.3 Å². The first-order valence-corrected chi connectivity index (χ1v) is 7.97. The summed E-state index contributed by atoms with van der Waals surface area (Å²) in [5, 5.41) is 4.75. The average Bonchev–Trinajstić information content (AvgIpc) is 2.54. The minimum Gasteiger partial charge on any atom is -0.365 e. The lowest BCUT2D eigenvalue weighted by Gasteiger charge is -2.12. The highest BCUT2D eigenvalue weighted by Crippen LogP contribution is 2.23. The molecule has 24 heavy (non-hydrogen) atoms. The van der Waals surface area contributed by atoms with E-state index in [-0.39, 0.29) is 5.82 Å². The molecule has 0 aliphatic rings. The van der Waals surface area contributed by atoms with Crippen LogP contribution in [0.25, 0.3) is 10.9 Å². The van der Waals surface area contributed by atoms with Gasteiger partial charge in [-0.3, -0.25) is 0 Å². The molecule has 1 heterocycles. The van der Waals surface area contributed by atoms with Crippen molar-refractivity contribution in [2.24, 2.45) is 0 Å². The van der Waals surface area contributed by atoms with E-state index in [0.29, 0.717) is 29.5 Å². The molecule has 0 aliphatic heterocycles. The van der Waals surface area contributed by atoms with Crippen LogP contribution in [0.15, 0.2) is 42.7 Å². The van der Waals surface area contributed by atoms with Gasteiger partial charge in [-0.2, -0.15) is 0 Å². The molecule has 2 aromatic carbocycles. The third-order valence-corrected chi connectivity index (χ3v) is 3.90. The van der Waals surface area contributed by atoms with Gasteiger partial charge in [0.15, 0.2) is 0 Å². The molecule has 0 fully saturated rings. The topological polar surface area (TPSA) is 41.0 Å². The van der Waals surface area contributed by atoms with Crippen LogP contribution in [0.4, 0.5) is 10.2 Å². The molecule has 0 unspecified atom stereocenters. The highest BCUT2D eigenvalue weighted by atomic mass is 35.5. The van der Waals surface area contributed by atoms with Gasteiger partial charge in [0.05, 0.1) is 5.52 Å². The minimum atomic E-state index is -0.192. The Morgan fingerprint density at radius 1 is 1.12 bits per heavy atom. The minimum absolute atomic E-state index is 0.192. The molecule has 6 heteroatoms. The van der Waals surface area contributed by atoms with Crippen LogP contribution in [0, 0.1) is 5.82 Å². The predicted molar refractivity (Wildman–Crippen MR) is 95.7 cm³/mol. The molecule has 0 atom stereocenters. The van der Waals surface area contributed by atoms with E-state index in [9.17, 15) is 4.39 Å². The maximum absolute atomic E-state index is 14.1. The molecule has 124 valence electrons. The molecular formula is C18H18ClFN4. The summed E-state index contributed by atoms with van der Waals surface area (Å²) in [7, 11) is 3.84. The van der Waals surface area contributed by atoms with Gasteiger partial charge in [0.2, 0.25) is 0 Å². The summed E-state index contributed by atoms with van der Waals surface area (Å²) in [5.41, 5.74) is 2.31. The number of nitrogens with one attached hydrogen (secondary N) is 1. The second kappa shape index (κ2) is 7.11. The van der Waals surface area contributed by atoms with Crippen molar-refractivity contribution in [3.63, 3.8) is 0 Å². The number of rotatable bonds is 5. The molecule has 1 aromatic heterocycles. The van der Waals surface area contributed by atoms with E-state index in [4.69, 9.17) is 11.6 Å². The molecule has 0 radical (unpaired) electrons. The molecule has 4 nitrogen and oxygen atoms in total. The molecule has 0 amide bonds. The monoisotopic (exact) mass is 344 g/mol. The lowest BCUT2D eigenvalue weighted by atomic mass is 10.1. The Kier molecular flexibility index (Phi) is 4.92. The Morgan fingerprint density at radius 2 is 1.96 bits per heavy atom. The molecular weight excluding hydrogens is 327 g/mol. The normalized spacial score (nSPS) is 11.2. The van der Waals surface area contributed by atoms with Gasteiger partial charge >= 0.3 is 0 Å². The molecule has 0 bridgehead atoms. The first-order valence-electron chi connectivity index (χ1n) is 7.59. The van der Waals surface area contributed by atoms with Gasteiger partial charge in [-0.05, 0) is 43.9 Å². The van der Waals surface area contributed by atoms with E-state index in [1.54, 1.807) is 18.2 Å². The summed E-state index contributed by atoms with van der Waals surface area (Å²) in [6.45, 7) is 1.06. The lowest BCUT2D eigenvalue weighted by molar-refractivity contribution is 0.392. The van der Waals surface area contributed by atoms with Crippen molar-refractivity contribution < 1.29 is 4.39 Å². The van der Waals surface area contributed by atoms with E-state index in [1.165, 1.54) is 6.33 Å². The van der Waals surface area contributed by atoms with Gasteiger partial charge in [-0.25, -0.2) is 14.4 Å². The predicted octanol–water partition coefficient (Wildman–Crippen LogP) is 4.10. The summed E-state index contributed by atoms with van der Waals surface area (Å²) < 4.78 is 14.1. The Morgan fingerprint density at radius 3 is 2.71 bits per heavy atom. The summed E-state index contributed by atoms with van der Waals surface area (Å²) in [5.74, 6) is 0.511. The lowest BCUT2D eigenvalue weighted by Crippen LogP contribution is -2.12. The molecule has 0 saturated heterocycles. The van der Waals surface area contributed by atoms with Crippen molar-refractivity contribution in [1.82, 2.24) is 14.9 Å². The summed E-state index contributed by atoms with van der Waals surface area (Å²) in [4.78, 5) is 10.4. The van der Waals surface area contributed by atoms with Crippen LogP contribution in [0.5, 0.6) is 0 Å². The number of fused-ring (bicyclic) bond motifs is 1.